The topological polar surface area (TPSA) is 67.0 Å². The van der Waals surface area contributed by atoms with Crippen LogP contribution >= 0.6 is 0 Å². The average molecular weight is 393 g/mol. The number of imidazole rings is 1. The molecule has 0 radical (unpaired) electrons. The lowest BCUT2D eigenvalue weighted by atomic mass is 10.2. The van der Waals surface area contributed by atoms with Crippen molar-refractivity contribution in [3.63, 3.8) is 0 Å². The molecule has 0 atom stereocenters. The number of amides is 1. The fraction of sp³-hybridized carbons (Fsp3) is 0.0909. The van der Waals surface area contributed by atoms with Crippen LogP contribution in [0.3, 0.4) is 0 Å². The summed E-state index contributed by atoms with van der Waals surface area (Å²) in [5.41, 5.74) is 1.32. The molecule has 0 unspecified atom stereocenters. The summed E-state index contributed by atoms with van der Waals surface area (Å²) >= 11 is 0. The predicted molar refractivity (Wildman–Crippen MR) is 106 cm³/mol. The summed E-state index contributed by atoms with van der Waals surface area (Å²) in [5, 5.41) is 2.48. The maximum absolute atomic E-state index is 14.5. The number of halogens is 2. The molecule has 0 aliphatic carbocycles. The van der Waals surface area contributed by atoms with Gasteiger partial charge in [-0.3, -0.25) is 4.79 Å². The Kier molecular flexibility index (Phi) is 4.95. The first-order valence-electron chi connectivity index (χ1n) is 8.95. The number of hydrogen-bond acceptors (Lipinski definition) is 3. The van der Waals surface area contributed by atoms with E-state index in [0.29, 0.717) is 28.2 Å². The lowest BCUT2D eigenvalue weighted by Gasteiger charge is -2.14. The first kappa shape index (κ1) is 18.6. The summed E-state index contributed by atoms with van der Waals surface area (Å²) in [6.45, 7) is 0. The molecule has 5 nitrogen and oxygen atoms in total. The van der Waals surface area contributed by atoms with Crippen molar-refractivity contribution in [3.8, 4) is 11.5 Å². The molecule has 4 aromatic rings. The van der Waals surface area contributed by atoms with Crippen molar-refractivity contribution >= 4 is 22.6 Å². The second-order valence-electron chi connectivity index (χ2n) is 6.47. The minimum Gasteiger partial charge on any atom is -0.457 e. The Morgan fingerprint density at radius 3 is 2.31 bits per heavy atom. The van der Waals surface area contributed by atoms with Crippen LogP contribution in [0.15, 0.2) is 78.9 Å². The number of aromatic nitrogens is 2. The molecule has 0 fully saturated rings. The highest BCUT2D eigenvalue weighted by molar-refractivity contribution is 5.91. The van der Waals surface area contributed by atoms with Crippen molar-refractivity contribution in [2.24, 2.45) is 0 Å². The van der Waals surface area contributed by atoms with E-state index >= 15 is 0 Å². The Balaban J connectivity index is 1.39. The lowest BCUT2D eigenvalue weighted by molar-refractivity contribution is -0.124. The summed E-state index contributed by atoms with van der Waals surface area (Å²) in [4.78, 5) is 18.6. The number of hydrogen-bond donors (Lipinski definition) is 2. The third-order valence-corrected chi connectivity index (χ3v) is 4.24. The fourth-order valence-corrected chi connectivity index (χ4v) is 2.85. The van der Waals surface area contributed by atoms with E-state index in [1.165, 1.54) is 0 Å². The van der Waals surface area contributed by atoms with Gasteiger partial charge in [-0.1, -0.05) is 30.3 Å². The summed E-state index contributed by atoms with van der Waals surface area (Å²) in [6, 6.07) is 22.4. The second kappa shape index (κ2) is 7.71. The van der Waals surface area contributed by atoms with Crippen molar-refractivity contribution in [3.05, 3.63) is 84.7 Å². The molecule has 1 amide bonds. The number of anilines is 1. The van der Waals surface area contributed by atoms with E-state index in [9.17, 15) is 13.6 Å². The van der Waals surface area contributed by atoms with Gasteiger partial charge in [0.1, 0.15) is 11.5 Å². The molecular formula is C22H17F2N3O2. The normalized spacial score (nSPS) is 11.4. The first-order valence-corrected chi connectivity index (χ1v) is 8.95. The number of benzene rings is 3. The molecule has 7 heteroatoms. The molecule has 2 N–H and O–H groups in total. The molecule has 0 saturated carbocycles. The molecule has 1 aromatic heterocycles. The third-order valence-electron chi connectivity index (χ3n) is 4.24. The van der Waals surface area contributed by atoms with Crippen molar-refractivity contribution in [2.75, 3.05) is 5.32 Å². The van der Waals surface area contributed by atoms with Crippen LogP contribution < -0.4 is 10.1 Å². The van der Waals surface area contributed by atoms with E-state index in [4.69, 9.17) is 4.74 Å². The Morgan fingerprint density at radius 1 is 0.931 bits per heavy atom. The molecule has 4 rings (SSSR count). The van der Waals surface area contributed by atoms with Gasteiger partial charge in [0.2, 0.25) is 5.91 Å². The number of nitrogens with one attached hydrogen (secondary N) is 2. The molecule has 0 bridgehead atoms. The first-order chi connectivity index (χ1) is 14.0. The summed E-state index contributed by atoms with van der Waals surface area (Å²) < 4.78 is 34.6. The Morgan fingerprint density at radius 2 is 1.59 bits per heavy atom. The monoisotopic (exact) mass is 393 g/mol. The van der Waals surface area contributed by atoms with Gasteiger partial charge in [0.15, 0.2) is 5.82 Å². The molecule has 0 spiro atoms. The van der Waals surface area contributed by atoms with Crippen LogP contribution in [-0.4, -0.2) is 15.9 Å². The zero-order valence-electron chi connectivity index (χ0n) is 15.2. The van der Waals surface area contributed by atoms with E-state index in [-0.39, 0.29) is 0 Å². The second-order valence-corrected chi connectivity index (χ2v) is 6.47. The van der Waals surface area contributed by atoms with Crippen LogP contribution in [0.25, 0.3) is 11.0 Å². The van der Waals surface area contributed by atoms with E-state index in [2.05, 4.69) is 15.3 Å². The summed E-state index contributed by atoms with van der Waals surface area (Å²) in [6.07, 6.45) is -1.02. The highest BCUT2D eigenvalue weighted by atomic mass is 19.3. The molecule has 146 valence electrons. The van der Waals surface area contributed by atoms with Gasteiger partial charge < -0.3 is 15.0 Å². The van der Waals surface area contributed by atoms with Gasteiger partial charge in [0.05, 0.1) is 17.5 Å². The number of carbonyl (C=O) groups excluding carboxylic acids is 1. The number of para-hydroxylation sites is 3. The van der Waals surface area contributed by atoms with Crippen LogP contribution in [-0.2, 0) is 10.7 Å². The number of ether oxygens (including phenoxy) is 1. The maximum atomic E-state index is 14.5. The van der Waals surface area contributed by atoms with Crippen molar-refractivity contribution in [2.45, 2.75) is 12.3 Å². The zero-order chi connectivity index (χ0) is 20.3. The molecule has 1 heterocycles. The minimum atomic E-state index is -3.42. The maximum Gasteiger partial charge on any atom is 0.313 e. The highest BCUT2D eigenvalue weighted by Gasteiger charge is 2.38. The Bertz CT molecular complexity index is 1090. The van der Waals surface area contributed by atoms with Crippen molar-refractivity contribution in [1.82, 2.24) is 9.97 Å². The van der Waals surface area contributed by atoms with Gasteiger partial charge in [0, 0.05) is 5.69 Å². The SMILES string of the molecule is O=C(CC(F)(F)c1nc2ccccc2[nH]1)Nc1ccc(Oc2ccccc2)cc1. The molecule has 3 aromatic carbocycles. The number of fused-ring (bicyclic) bond motifs is 1. The van der Waals surface area contributed by atoms with Crippen LogP contribution in [0, 0.1) is 0 Å². The molecule has 0 aliphatic heterocycles. The number of nitrogens with zero attached hydrogens (tertiary/aromatic N) is 1. The molecule has 29 heavy (non-hydrogen) atoms. The van der Waals surface area contributed by atoms with Gasteiger partial charge in [0.25, 0.3) is 0 Å². The van der Waals surface area contributed by atoms with Gasteiger partial charge >= 0.3 is 5.92 Å². The predicted octanol–water partition coefficient (Wildman–Crippen LogP) is 5.48. The Labute approximate surface area is 165 Å². The third kappa shape index (κ3) is 4.40. The Hall–Kier alpha value is -3.74. The van der Waals surface area contributed by atoms with Gasteiger partial charge in [-0.15, -0.1) is 0 Å². The number of alkyl halides is 2. The minimum absolute atomic E-state index is 0.399. The van der Waals surface area contributed by atoms with E-state index in [1.54, 1.807) is 48.5 Å². The quantitative estimate of drug-likeness (QED) is 0.456. The van der Waals surface area contributed by atoms with Crippen LogP contribution in [0.2, 0.25) is 0 Å². The van der Waals surface area contributed by atoms with E-state index in [0.717, 1.165) is 0 Å². The van der Waals surface area contributed by atoms with Crippen LogP contribution in [0.5, 0.6) is 11.5 Å². The lowest BCUT2D eigenvalue weighted by Crippen LogP contribution is -2.24. The number of carbonyl (C=O) groups is 1. The van der Waals surface area contributed by atoms with Crippen molar-refractivity contribution < 1.29 is 18.3 Å². The van der Waals surface area contributed by atoms with E-state index in [1.807, 2.05) is 30.3 Å². The molecular weight excluding hydrogens is 376 g/mol. The summed E-state index contributed by atoms with van der Waals surface area (Å²) in [5.74, 6) is -3.51. The number of rotatable bonds is 6. The zero-order valence-corrected chi connectivity index (χ0v) is 15.2. The number of H-pyrrole nitrogens is 1. The van der Waals surface area contributed by atoms with Crippen molar-refractivity contribution in [1.29, 1.82) is 0 Å². The standard InChI is InChI=1S/C22H17F2N3O2/c23-22(24,21-26-18-8-4-5-9-19(18)27-21)14-20(28)25-15-10-12-17(13-11-15)29-16-6-2-1-3-7-16/h1-13H,14H2,(H,25,28)(H,26,27). The van der Waals surface area contributed by atoms with Crippen LogP contribution in [0.4, 0.5) is 14.5 Å². The number of aromatic amines is 1. The van der Waals surface area contributed by atoms with Crippen LogP contribution in [0.1, 0.15) is 12.2 Å². The smallest absolute Gasteiger partial charge is 0.313 e. The highest BCUT2D eigenvalue weighted by Crippen LogP contribution is 2.31. The molecule has 0 aliphatic rings. The summed E-state index contributed by atoms with van der Waals surface area (Å²) in [7, 11) is 0. The van der Waals surface area contributed by atoms with E-state index < -0.39 is 24.1 Å². The largest absolute Gasteiger partial charge is 0.457 e. The molecule has 0 saturated heterocycles. The van der Waals surface area contributed by atoms with Gasteiger partial charge in [-0.25, -0.2) is 4.98 Å². The van der Waals surface area contributed by atoms with Gasteiger partial charge in [-0.2, -0.15) is 8.78 Å². The average Bonchev–Trinajstić information content (AvgIpc) is 3.15. The van der Waals surface area contributed by atoms with Gasteiger partial charge in [-0.05, 0) is 48.5 Å². The fourth-order valence-electron chi connectivity index (χ4n) is 2.85.